The number of non-ortho nitro benzene ring substituents is 1. The van der Waals surface area contributed by atoms with Gasteiger partial charge in [-0.3, -0.25) is 19.7 Å². The van der Waals surface area contributed by atoms with Crippen LogP contribution in [0.15, 0.2) is 24.3 Å². The molecule has 7 nitrogen and oxygen atoms in total. The van der Waals surface area contributed by atoms with Gasteiger partial charge in [0.15, 0.2) is 0 Å². The molecular weight excluding hydrogens is 298 g/mol. The van der Waals surface area contributed by atoms with Crippen molar-refractivity contribution in [1.29, 1.82) is 0 Å². The maximum Gasteiger partial charge on any atom is 0.313 e. The normalized spacial score (nSPS) is 10.2. The summed E-state index contributed by atoms with van der Waals surface area (Å²) in [6.45, 7) is 5.12. The minimum Gasteiger partial charge on any atom is -0.334 e. The summed E-state index contributed by atoms with van der Waals surface area (Å²) >= 11 is 0. The van der Waals surface area contributed by atoms with Gasteiger partial charge in [-0.15, -0.1) is 0 Å². The highest BCUT2D eigenvalue weighted by atomic mass is 16.6. The molecule has 0 spiro atoms. The Labute approximate surface area is 135 Å². The second-order valence-corrected chi connectivity index (χ2v) is 5.26. The average molecular weight is 321 g/mol. The van der Waals surface area contributed by atoms with Gasteiger partial charge >= 0.3 is 11.8 Å². The van der Waals surface area contributed by atoms with Crippen LogP contribution in [0.2, 0.25) is 0 Å². The molecule has 0 aliphatic heterocycles. The number of nitrogens with one attached hydrogen (secondary N) is 1. The third-order valence-corrected chi connectivity index (χ3v) is 3.36. The highest BCUT2D eigenvalue weighted by Crippen LogP contribution is 2.17. The first-order chi connectivity index (χ1) is 11.0. The highest BCUT2D eigenvalue weighted by molar-refractivity contribution is 6.39. The molecule has 1 aromatic rings. The van der Waals surface area contributed by atoms with Gasteiger partial charge in [0.1, 0.15) is 0 Å². The zero-order chi connectivity index (χ0) is 17.2. The SMILES string of the molecule is CCCCN(CCCC)C(=O)C(=O)Nc1cccc([N+](=O)[O-])c1. The van der Waals surface area contributed by atoms with Gasteiger partial charge in [-0.1, -0.05) is 32.8 Å². The maximum absolute atomic E-state index is 12.3. The van der Waals surface area contributed by atoms with Crippen molar-refractivity contribution in [1.82, 2.24) is 4.90 Å². The van der Waals surface area contributed by atoms with Crippen LogP contribution in [0.25, 0.3) is 0 Å². The molecule has 0 bridgehead atoms. The second-order valence-electron chi connectivity index (χ2n) is 5.26. The summed E-state index contributed by atoms with van der Waals surface area (Å²) in [6, 6.07) is 5.53. The Hall–Kier alpha value is -2.44. The molecule has 0 saturated carbocycles. The first kappa shape index (κ1) is 18.6. The average Bonchev–Trinajstić information content (AvgIpc) is 2.54. The van der Waals surface area contributed by atoms with Crippen molar-refractivity contribution in [3.8, 4) is 0 Å². The molecule has 2 amide bonds. The lowest BCUT2D eigenvalue weighted by Gasteiger charge is -2.21. The second kappa shape index (κ2) is 9.55. The Morgan fingerprint density at radius 3 is 2.30 bits per heavy atom. The van der Waals surface area contributed by atoms with E-state index in [0.29, 0.717) is 13.1 Å². The Balaban J connectivity index is 2.74. The molecule has 0 fully saturated rings. The van der Waals surface area contributed by atoms with E-state index in [0.717, 1.165) is 25.7 Å². The number of nitro groups is 1. The number of hydrogen-bond donors (Lipinski definition) is 1. The van der Waals surface area contributed by atoms with Crippen molar-refractivity contribution in [3.63, 3.8) is 0 Å². The number of carbonyl (C=O) groups is 2. The van der Waals surface area contributed by atoms with Crippen LogP contribution in [0.1, 0.15) is 39.5 Å². The molecule has 0 aliphatic rings. The summed E-state index contributed by atoms with van der Waals surface area (Å²) in [4.78, 5) is 36.1. The monoisotopic (exact) mass is 321 g/mol. The van der Waals surface area contributed by atoms with Gasteiger partial charge in [-0.05, 0) is 18.9 Å². The Kier molecular flexibility index (Phi) is 7.73. The number of carbonyl (C=O) groups excluding carboxylic acids is 2. The molecule has 23 heavy (non-hydrogen) atoms. The molecule has 1 N–H and O–H groups in total. The number of anilines is 1. The van der Waals surface area contributed by atoms with Crippen LogP contribution in [-0.4, -0.2) is 34.7 Å². The number of rotatable bonds is 8. The van der Waals surface area contributed by atoms with Crippen LogP contribution in [0.4, 0.5) is 11.4 Å². The Bertz CT molecular complexity index is 552. The molecule has 7 heteroatoms. The molecular formula is C16H23N3O4. The fourth-order valence-corrected chi connectivity index (χ4v) is 2.04. The van der Waals surface area contributed by atoms with Crippen LogP contribution in [0.5, 0.6) is 0 Å². The summed E-state index contributed by atoms with van der Waals surface area (Å²) in [6.07, 6.45) is 3.53. The summed E-state index contributed by atoms with van der Waals surface area (Å²) in [7, 11) is 0. The standard InChI is InChI=1S/C16H23N3O4/c1-3-5-10-18(11-6-4-2)16(21)15(20)17-13-8-7-9-14(12-13)19(22)23/h7-9,12H,3-6,10-11H2,1-2H3,(H,17,20). The molecule has 1 rings (SSSR count). The van der Waals surface area contributed by atoms with Crippen molar-refractivity contribution in [3.05, 3.63) is 34.4 Å². The molecule has 0 heterocycles. The molecule has 0 atom stereocenters. The van der Waals surface area contributed by atoms with Gasteiger partial charge in [-0.25, -0.2) is 0 Å². The molecule has 1 aromatic carbocycles. The Morgan fingerprint density at radius 1 is 1.17 bits per heavy atom. The predicted molar refractivity (Wildman–Crippen MR) is 88.1 cm³/mol. The summed E-state index contributed by atoms with van der Waals surface area (Å²) in [5.74, 6) is -1.36. The van der Waals surface area contributed by atoms with Crippen molar-refractivity contribution in [2.24, 2.45) is 0 Å². The smallest absolute Gasteiger partial charge is 0.313 e. The molecule has 0 radical (unpaired) electrons. The number of unbranched alkanes of at least 4 members (excludes halogenated alkanes) is 2. The minimum absolute atomic E-state index is 0.135. The van der Waals surface area contributed by atoms with Crippen LogP contribution in [-0.2, 0) is 9.59 Å². The first-order valence-electron chi connectivity index (χ1n) is 7.84. The van der Waals surface area contributed by atoms with Crippen LogP contribution in [0, 0.1) is 10.1 Å². The predicted octanol–water partition coefficient (Wildman–Crippen LogP) is 2.96. The molecule has 0 unspecified atom stereocenters. The minimum atomic E-state index is -0.766. The van der Waals surface area contributed by atoms with Crippen LogP contribution in [0.3, 0.4) is 0 Å². The third kappa shape index (κ3) is 6.06. The van der Waals surface area contributed by atoms with Crippen molar-refractivity contribution in [2.75, 3.05) is 18.4 Å². The van der Waals surface area contributed by atoms with E-state index in [9.17, 15) is 19.7 Å². The van der Waals surface area contributed by atoms with E-state index in [1.807, 2.05) is 13.8 Å². The van der Waals surface area contributed by atoms with Crippen LogP contribution >= 0.6 is 0 Å². The van der Waals surface area contributed by atoms with E-state index in [2.05, 4.69) is 5.32 Å². The quantitative estimate of drug-likeness (QED) is 0.452. The fourth-order valence-electron chi connectivity index (χ4n) is 2.04. The van der Waals surface area contributed by atoms with E-state index >= 15 is 0 Å². The van der Waals surface area contributed by atoms with Gasteiger partial charge in [0.05, 0.1) is 4.92 Å². The van der Waals surface area contributed by atoms with Crippen molar-refractivity contribution >= 4 is 23.2 Å². The lowest BCUT2D eigenvalue weighted by atomic mass is 10.2. The number of amides is 2. The molecule has 0 aromatic heterocycles. The van der Waals surface area contributed by atoms with Crippen molar-refractivity contribution < 1.29 is 14.5 Å². The van der Waals surface area contributed by atoms with Crippen LogP contribution < -0.4 is 5.32 Å². The van der Waals surface area contributed by atoms with Gasteiger partial charge < -0.3 is 10.2 Å². The van der Waals surface area contributed by atoms with Crippen molar-refractivity contribution in [2.45, 2.75) is 39.5 Å². The largest absolute Gasteiger partial charge is 0.334 e. The van der Waals surface area contributed by atoms with Gasteiger partial charge in [0.2, 0.25) is 0 Å². The summed E-state index contributed by atoms with van der Waals surface area (Å²) < 4.78 is 0. The highest BCUT2D eigenvalue weighted by Gasteiger charge is 2.21. The zero-order valence-electron chi connectivity index (χ0n) is 13.6. The first-order valence-corrected chi connectivity index (χ1v) is 7.84. The van der Waals surface area contributed by atoms with E-state index in [-0.39, 0.29) is 11.4 Å². The van der Waals surface area contributed by atoms with Gasteiger partial charge in [0.25, 0.3) is 5.69 Å². The van der Waals surface area contributed by atoms with Gasteiger partial charge in [0, 0.05) is 30.9 Å². The number of nitrogens with zero attached hydrogens (tertiary/aromatic N) is 2. The van der Waals surface area contributed by atoms with Gasteiger partial charge in [-0.2, -0.15) is 0 Å². The lowest BCUT2D eigenvalue weighted by Crippen LogP contribution is -2.40. The number of nitro benzene ring substituents is 1. The van der Waals surface area contributed by atoms with E-state index in [1.165, 1.54) is 24.3 Å². The molecule has 0 aliphatic carbocycles. The third-order valence-electron chi connectivity index (χ3n) is 3.36. The Morgan fingerprint density at radius 2 is 1.78 bits per heavy atom. The summed E-state index contributed by atoms with van der Waals surface area (Å²) in [5.41, 5.74) is 0.104. The topological polar surface area (TPSA) is 92.6 Å². The van der Waals surface area contributed by atoms with E-state index < -0.39 is 16.7 Å². The summed E-state index contributed by atoms with van der Waals surface area (Å²) in [5, 5.41) is 13.2. The maximum atomic E-state index is 12.3. The zero-order valence-corrected chi connectivity index (χ0v) is 13.6. The molecule has 126 valence electrons. The number of hydrogen-bond acceptors (Lipinski definition) is 4. The number of benzene rings is 1. The molecule has 0 saturated heterocycles. The fraction of sp³-hybridized carbons (Fsp3) is 0.500. The van der Waals surface area contributed by atoms with E-state index in [4.69, 9.17) is 0 Å². The lowest BCUT2D eigenvalue weighted by molar-refractivity contribution is -0.384. The van der Waals surface area contributed by atoms with E-state index in [1.54, 1.807) is 4.90 Å².